The molecule has 1 amide bonds. The lowest BCUT2D eigenvalue weighted by atomic mass is 10.2. The van der Waals surface area contributed by atoms with Gasteiger partial charge in [-0.2, -0.15) is 0 Å². The average molecular weight is 291 g/mol. The van der Waals surface area contributed by atoms with Crippen molar-refractivity contribution in [3.05, 3.63) is 30.1 Å². The maximum Gasteiger partial charge on any atom is 0.221 e. The van der Waals surface area contributed by atoms with Crippen molar-refractivity contribution in [1.29, 1.82) is 0 Å². The van der Waals surface area contributed by atoms with E-state index in [-0.39, 0.29) is 49.2 Å². The van der Waals surface area contributed by atoms with Crippen molar-refractivity contribution in [3.8, 4) is 5.75 Å². The minimum atomic E-state index is -0.346. The molecule has 3 N–H and O–H groups in total. The Bertz CT molecular complexity index is 402. The van der Waals surface area contributed by atoms with Gasteiger partial charge in [0.25, 0.3) is 0 Å². The molecule has 19 heavy (non-hydrogen) atoms. The number of rotatable bonds is 6. The largest absolute Gasteiger partial charge is 0.491 e. The van der Waals surface area contributed by atoms with E-state index in [4.69, 9.17) is 10.5 Å². The number of halogens is 2. The van der Waals surface area contributed by atoms with E-state index in [9.17, 15) is 9.18 Å². The summed E-state index contributed by atoms with van der Waals surface area (Å²) in [4.78, 5) is 11.4. The SMILES string of the molecule is CC(N)CC(=O)NC(C)COc1cccc(F)c1.Cl. The molecule has 108 valence electrons. The Morgan fingerprint density at radius 3 is 2.74 bits per heavy atom. The van der Waals surface area contributed by atoms with Gasteiger partial charge in [0, 0.05) is 18.5 Å². The van der Waals surface area contributed by atoms with Gasteiger partial charge in [-0.05, 0) is 26.0 Å². The van der Waals surface area contributed by atoms with Crippen molar-refractivity contribution in [1.82, 2.24) is 5.32 Å². The number of carbonyl (C=O) groups is 1. The molecule has 1 rings (SSSR count). The topological polar surface area (TPSA) is 64.4 Å². The number of ether oxygens (including phenoxy) is 1. The first-order valence-corrected chi connectivity index (χ1v) is 5.90. The van der Waals surface area contributed by atoms with Crippen LogP contribution in [-0.4, -0.2) is 24.6 Å². The molecule has 0 aliphatic carbocycles. The summed E-state index contributed by atoms with van der Waals surface area (Å²) in [6, 6.07) is 5.57. The molecule has 0 fully saturated rings. The molecule has 0 aromatic heterocycles. The number of amides is 1. The van der Waals surface area contributed by atoms with Crippen LogP contribution < -0.4 is 15.8 Å². The number of hydrogen-bond donors (Lipinski definition) is 2. The minimum absolute atomic E-state index is 0. The van der Waals surface area contributed by atoms with Crippen LogP contribution in [-0.2, 0) is 4.79 Å². The summed E-state index contributed by atoms with van der Waals surface area (Å²) in [5.74, 6) is -0.00946. The Morgan fingerprint density at radius 1 is 1.47 bits per heavy atom. The van der Waals surface area contributed by atoms with Crippen LogP contribution in [0.3, 0.4) is 0 Å². The highest BCUT2D eigenvalue weighted by atomic mass is 35.5. The summed E-state index contributed by atoms with van der Waals surface area (Å²) < 4.78 is 18.3. The zero-order valence-electron chi connectivity index (χ0n) is 11.1. The molecule has 0 spiro atoms. The number of nitrogens with two attached hydrogens (primary N) is 1. The van der Waals surface area contributed by atoms with Crippen molar-refractivity contribution < 1.29 is 13.9 Å². The third-order valence-corrected chi connectivity index (χ3v) is 2.21. The van der Waals surface area contributed by atoms with Gasteiger partial charge in [-0.1, -0.05) is 6.07 Å². The zero-order chi connectivity index (χ0) is 13.5. The van der Waals surface area contributed by atoms with Crippen LogP contribution in [0.1, 0.15) is 20.3 Å². The van der Waals surface area contributed by atoms with Gasteiger partial charge in [0.2, 0.25) is 5.91 Å². The lowest BCUT2D eigenvalue weighted by molar-refractivity contribution is -0.122. The second kappa shape index (κ2) is 8.72. The first-order valence-electron chi connectivity index (χ1n) is 5.90. The highest BCUT2D eigenvalue weighted by Crippen LogP contribution is 2.11. The van der Waals surface area contributed by atoms with E-state index < -0.39 is 0 Å². The molecule has 0 saturated heterocycles. The van der Waals surface area contributed by atoms with Crippen molar-refractivity contribution in [2.24, 2.45) is 5.73 Å². The number of benzene rings is 1. The Labute approximate surface area is 118 Å². The highest BCUT2D eigenvalue weighted by molar-refractivity contribution is 5.85. The smallest absolute Gasteiger partial charge is 0.221 e. The van der Waals surface area contributed by atoms with Crippen LogP contribution in [0.4, 0.5) is 4.39 Å². The van der Waals surface area contributed by atoms with E-state index in [0.29, 0.717) is 5.75 Å². The van der Waals surface area contributed by atoms with E-state index in [1.807, 2.05) is 6.92 Å². The summed E-state index contributed by atoms with van der Waals surface area (Å²) >= 11 is 0. The van der Waals surface area contributed by atoms with Gasteiger partial charge < -0.3 is 15.8 Å². The van der Waals surface area contributed by atoms with Crippen molar-refractivity contribution in [3.63, 3.8) is 0 Å². The van der Waals surface area contributed by atoms with Gasteiger partial charge >= 0.3 is 0 Å². The van der Waals surface area contributed by atoms with Crippen LogP contribution >= 0.6 is 12.4 Å². The average Bonchev–Trinajstić information content (AvgIpc) is 2.25. The van der Waals surface area contributed by atoms with E-state index in [0.717, 1.165) is 0 Å². The molecular formula is C13H20ClFN2O2. The van der Waals surface area contributed by atoms with Gasteiger partial charge in [-0.15, -0.1) is 12.4 Å². The van der Waals surface area contributed by atoms with Crippen molar-refractivity contribution in [2.45, 2.75) is 32.4 Å². The molecule has 0 bridgehead atoms. The van der Waals surface area contributed by atoms with E-state index >= 15 is 0 Å². The monoisotopic (exact) mass is 290 g/mol. The minimum Gasteiger partial charge on any atom is -0.491 e. The quantitative estimate of drug-likeness (QED) is 0.841. The fourth-order valence-corrected chi connectivity index (χ4v) is 1.45. The molecule has 2 atom stereocenters. The molecule has 0 radical (unpaired) electrons. The fraction of sp³-hybridized carbons (Fsp3) is 0.462. The Balaban J connectivity index is 0.00000324. The lowest BCUT2D eigenvalue weighted by Crippen LogP contribution is -2.39. The van der Waals surface area contributed by atoms with Crippen molar-refractivity contribution >= 4 is 18.3 Å². The number of carbonyl (C=O) groups excluding carboxylic acids is 1. The van der Waals surface area contributed by atoms with Gasteiger partial charge in [0.05, 0.1) is 6.04 Å². The predicted molar refractivity (Wildman–Crippen MR) is 75.0 cm³/mol. The number of hydrogen-bond acceptors (Lipinski definition) is 3. The summed E-state index contributed by atoms with van der Waals surface area (Å²) in [5, 5.41) is 2.76. The van der Waals surface area contributed by atoms with Crippen LogP contribution in [0.15, 0.2) is 24.3 Å². The van der Waals surface area contributed by atoms with Crippen molar-refractivity contribution in [2.75, 3.05) is 6.61 Å². The Kier molecular flexibility index (Phi) is 8.11. The molecular weight excluding hydrogens is 271 g/mol. The van der Waals surface area contributed by atoms with Crippen LogP contribution in [0.2, 0.25) is 0 Å². The van der Waals surface area contributed by atoms with Gasteiger partial charge in [-0.3, -0.25) is 4.79 Å². The molecule has 4 nitrogen and oxygen atoms in total. The summed E-state index contributed by atoms with van der Waals surface area (Å²) in [6.45, 7) is 3.88. The van der Waals surface area contributed by atoms with E-state index in [2.05, 4.69) is 5.32 Å². The molecule has 0 aliphatic rings. The van der Waals surface area contributed by atoms with Crippen LogP contribution in [0, 0.1) is 5.82 Å². The lowest BCUT2D eigenvalue weighted by Gasteiger charge is -2.15. The summed E-state index contributed by atoms with van der Waals surface area (Å²) in [6.07, 6.45) is 0.282. The molecule has 1 aromatic carbocycles. The molecule has 1 aromatic rings. The van der Waals surface area contributed by atoms with Gasteiger partial charge in [-0.25, -0.2) is 4.39 Å². The first kappa shape index (κ1) is 17.7. The highest BCUT2D eigenvalue weighted by Gasteiger charge is 2.09. The molecule has 6 heteroatoms. The Hall–Kier alpha value is -1.33. The van der Waals surface area contributed by atoms with E-state index in [1.165, 1.54) is 12.1 Å². The fourth-order valence-electron chi connectivity index (χ4n) is 1.45. The third-order valence-electron chi connectivity index (χ3n) is 2.21. The van der Waals surface area contributed by atoms with E-state index in [1.54, 1.807) is 19.1 Å². The Morgan fingerprint density at radius 2 is 2.16 bits per heavy atom. The molecule has 0 aliphatic heterocycles. The number of nitrogens with one attached hydrogen (secondary N) is 1. The molecule has 0 saturated carbocycles. The summed E-state index contributed by atoms with van der Waals surface area (Å²) in [5.41, 5.74) is 5.52. The normalized spacial score (nSPS) is 13.1. The zero-order valence-corrected chi connectivity index (χ0v) is 11.9. The standard InChI is InChI=1S/C13H19FN2O2.ClH/c1-9(15)6-13(17)16-10(2)8-18-12-5-3-4-11(14)7-12;/h3-5,7,9-10H,6,8,15H2,1-2H3,(H,16,17);1H. The maximum atomic E-state index is 12.9. The van der Waals surface area contributed by atoms with Crippen LogP contribution in [0.25, 0.3) is 0 Å². The first-order chi connectivity index (χ1) is 8.47. The second-order valence-electron chi connectivity index (χ2n) is 4.42. The van der Waals surface area contributed by atoms with Crippen LogP contribution in [0.5, 0.6) is 5.75 Å². The van der Waals surface area contributed by atoms with Gasteiger partial charge in [0.15, 0.2) is 0 Å². The predicted octanol–water partition coefficient (Wildman–Crippen LogP) is 1.87. The maximum absolute atomic E-state index is 12.9. The molecule has 0 heterocycles. The van der Waals surface area contributed by atoms with Gasteiger partial charge in [0.1, 0.15) is 18.2 Å². The summed E-state index contributed by atoms with van der Waals surface area (Å²) in [7, 11) is 0. The molecule has 2 unspecified atom stereocenters. The third kappa shape index (κ3) is 7.64. The second-order valence-corrected chi connectivity index (χ2v) is 4.42.